The fourth-order valence-corrected chi connectivity index (χ4v) is 5.41. The van der Waals surface area contributed by atoms with Crippen LogP contribution in [0.15, 0.2) is 18.2 Å². The van der Waals surface area contributed by atoms with Gasteiger partial charge in [-0.15, -0.1) is 0 Å². The molecule has 3 atom stereocenters. The van der Waals surface area contributed by atoms with E-state index in [1.54, 1.807) is 12.1 Å². The monoisotopic (exact) mass is 389 g/mol. The van der Waals surface area contributed by atoms with Crippen LogP contribution >= 0.6 is 11.8 Å². The zero-order valence-electron chi connectivity index (χ0n) is 15.0. The smallest absolute Gasteiger partial charge is 0.315 e. The highest BCUT2D eigenvalue weighted by molar-refractivity contribution is 8.00. The third kappa shape index (κ3) is 4.21. The molecule has 3 unspecified atom stereocenters. The second-order valence-corrected chi connectivity index (χ2v) is 8.48. The summed E-state index contributed by atoms with van der Waals surface area (Å²) in [6.45, 7) is 0. The quantitative estimate of drug-likeness (QED) is 0.300. The highest BCUT2D eigenvalue weighted by Crippen LogP contribution is 2.33. The fourth-order valence-electron chi connectivity index (χ4n) is 3.86. The lowest BCUT2D eigenvalue weighted by atomic mass is 10.0. The summed E-state index contributed by atoms with van der Waals surface area (Å²) in [5.74, 6) is 1.27. The SMILES string of the molecule is O=C1CCc2cc(OC(=O)CCCCC3SCC4NC(=O)NC43)ccc2N1. The first kappa shape index (κ1) is 18.2. The summed E-state index contributed by atoms with van der Waals surface area (Å²) < 4.78 is 5.44. The third-order valence-corrected chi connectivity index (χ3v) is 6.77. The van der Waals surface area contributed by atoms with Crippen LogP contribution in [0.3, 0.4) is 0 Å². The van der Waals surface area contributed by atoms with Crippen molar-refractivity contribution < 1.29 is 19.1 Å². The molecule has 27 heavy (non-hydrogen) atoms. The largest absolute Gasteiger partial charge is 0.427 e. The van der Waals surface area contributed by atoms with Crippen LogP contribution in [-0.2, 0) is 16.0 Å². The molecule has 2 saturated heterocycles. The summed E-state index contributed by atoms with van der Waals surface area (Å²) in [7, 11) is 0. The number of amides is 3. The van der Waals surface area contributed by atoms with E-state index in [4.69, 9.17) is 4.74 Å². The van der Waals surface area contributed by atoms with Crippen LogP contribution in [0.1, 0.15) is 37.7 Å². The lowest BCUT2D eigenvalue weighted by Crippen LogP contribution is -2.36. The first-order valence-electron chi connectivity index (χ1n) is 9.40. The number of aryl methyl sites for hydroxylation is 1. The molecule has 1 aromatic rings. The number of esters is 1. The molecule has 3 amide bonds. The average molecular weight is 389 g/mol. The maximum Gasteiger partial charge on any atom is 0.315 e. The Labute approximate surface area is 162 Å². The molecule has 3 N–H and O–H groups in total. The van der Waals surface area contributed by atoms with Crippen molar-refractivity contribution in [3.8, 4) is 5.75 Å². The van der Waals surface area contributed by atoms with Crippen molar-refractivity contribution in [2.24, 2.45) is 0 Å². The standard InChI is InChI=1S/C19H23N3O4S/c23-16-8-5-11-9-12(6-7-13(11)20-16)26-17(24)4-2-1-3-15-18-14(10-27-15)21-19(25)22-18/h6-7,9,14-15,18H,1-5,8,10H2,(H,20,23)(H2,21,22,25). The van der Waals surface area contributed by atoms with Gasteiger partial charge in [-0.3, -0.25) is 9.59 Å². The minimum Gasteiger partial charge on any atom is -0.427 e. The van der Waals surface area contributed by atoms with Crippen LogP contribution < -0.4 is 20.7 Å². The van der Waals surface area contributed by atoms with Crippen LogP contribution in [0, 0.1) is 0 Å². The van der Waals surface area contributed by atoms with Gasteiger partial charge in [-0.25, -0.2) is 4.79 Å². The number of thioether (sulfide) groups is 1. The molecular weight excluding hydrogens is 366 g/mol. The van der Waals surface area contributed by atoms with E-state index in [-0.39, 0.29) is 30.0 Å². The van der Waals surface area contributed by atoms with Gasteiger partial charge in [0, 0.05) is 29.5 Å². The van der Waals surface area contributed by atoms with Gasteiger partial charge in [0.1, 0.15) is 5.75 Å². The third-order valence-electron chi connectivity index (χ3n) is 5.26. The van der Waals surface area contributed by atoms with Crippen molar-refractivity contribution in [2.45, 2.75) is 55.9 Å². The highest BCUT2D eigenvalue weighted by Gasteiger charge is 2.42. The molecule has 0 saturated carbocycles. The summed E-state index contributed by atoms with van der Waals surface area (Å²) in [5, 5.41) is 9.16. The molecule has 8 heteroatoms. The second-order valence-electron chi connectivity index (χ2n) is 7.21. The summed E-state index contributed by atoms with van der Waals surface area (Å²) >= 11 is 1.89. The summed E-state index contributed by atoms with van der Waals surface area (Å²) in [4.78, 5) is 34.9. The number of hydrogen-bond acceptors (Lipinski definition) is 5. The number of urea groups is 1. The topological polar surface area (TPSA) is 96.5 Å². The summed E-state index contributed by atoms with van der Waals surface area (Å²) in [6.07, 6.45) is 4.20. The van der Waals surface area contributed by atoms with Gasteiger partial charge in [0.25, 0.3) is 0 Å². The van der Waals surface area contributed by atoms with Crippen LogP contribution in [0.5, 0.6) is 5.75 Å². The van der Waals surface area contributed by atoms with E-state index in [0.717, 1.165) is 36.3 Å². The van der Waals surface area contributed by atoms with Gasteiger partial charge >= 0.3 is 12.0 Å². The lowest BCUT2D eigenvalue weighted by Gasteiger charge is -2.17. The van der Waals surface area contributed by atoms with Crippen LogP contribution in [0.4, 0.5) is 10.5 Å². The Balaban J connectivity index is 1.19. The van der Waals surface area contributed by atoms with Crippen molar-refractivity contribution >= 4 is 35.4 Å². The number of nitrogens with one attached hydrogen (secondary N) is 3. The molecule has 0 radical (unpaired) electrons. The molecule has 3 heterocycles. The second kappa shape index (κ2) is 7.80. The number of carbonyl (C=O) groups is 3. The van der Waals surface area contributed by atoms with E-state index < -0.39 is 0 Å². The maximum atomic E-state index is 12.1. The first-order chi connectivity index (χ1) is 13.1. The Bertz CT molecular complexity index is 769. The zero-order chi connectivity index (χ0) is 18.8. The van der Waals surface area contributed by atoms with E-state index in [2.05, 4.69) is 16.0 Å². The van der Waals surface area contributed by atoms with Gasteiger partial charge in [-0.05, 0) is 43.0 Å². The number of unbranched alkanes of at least 4 members (excludes halogenated alkanes) is 1. The van der Waals surface area contributed by atoms with E-state index in [9.17, 15) is 14.4 Å². The predicted molar refractivity (Wildman–Crippen MR) is 103 cm³/mol. The molecule has 2 fully saturated rings. The van der Waals surface area contributed by atoms with Crippen molar-refractivity contribution in [1.82, 2.24) is 10.6 Å². The molecule has 144 valence electrons. The van der Waals surface area contributed by atoms with E-state index in [1.165, 1.54) is 0 Å². The molecule has 4 rings (SSSR count). The van der Waals surface area contributed by atoms with Gasteiger partial charge in [0.2, 0.25) is 5.91 Å². The van der Waals surface area contributed by atoms with Crippen molar-refractivity contribution in [1.29, 1.82) is 0 Å². The Morgan fingerprint density at radius 1 is 1.19 bits per heavy atom. The van der Waals surface area contributed by atoms with Gasteiger partial charge in [0.05, 0.1) is 12.1 Å². The van der Waals surface area contributed by atoms with Gasteiger partial charge in [-0.2, -0.15) is 11.8 Å². The molecule has 0 aliphatic carbocycles. The maximum absolute atomic E-state index is 12.1. The Morgan fingerprint density at radius 3 is 2.96 bits per heavy atom. The first-order valence-corrected chi connectivity index (χ1v) is 10.5. The molecule has 0 aromatic heterocycles. The highest BCUT2D eigenvalue weighted by atomic mass is 32.2. The zero-order valence-corrected chi connectivity index (χ0v) is 15.8. The average Bonchev–Trinajstić information content (AvgIpc) is 3.18. The Hall–Kier alpha value is -2.22. The Morgan fingerprint density at radius 2 is 2.07 bits per heavy atom. The van der Waals surface area contributed by atoms with E-state index in [0.29, 0.717) is 30.3 Å². The summed E-state index contributed by atoms with van der Waals surface area (Å²) in [6, 6.07) is 5.72. The van der Waals surface area contributed by atoms with Crippen LogP contribution in [0.25, 0.3) is 0 Å². The lowest BCUT2D eigenvalue weighted by molar-refractivity contribution is -0.134. The molecule has 3 aliphatic heterocycles. The number of benzene rings is 1. The van der Waals surface area contributed by atoms with E-state index >= 15 is 0 Å². The fraction of sp³-hybridized carbons (Fsp3) is 0.526. The molecule has 0 spiro atoms. The molecular formula is C19H23N3O4S. The van der Waals surface area contributed by atoms with Crippen molar-refractivity contribution in [3.63, 3.8) is 0 Å². The van der Waals surface area contributed by atoms with Crippen LogP contribution in [-0.4, -0.2) is 41.0 Å². The molecule has 7 nitrogen and oxygen atoms in total. The molecule has 0 bridgehead atoms. The number of rotatable bonds is 6. The number of anilines is 1. The van der Waals surface area contributed by atoms with Gasteiger partial charge in [0.15, 0.2) is 0 Å². The van der Waals surface area contributed by atoms with Crippen LogP contribution in [0.2, 0.25) is 0 Å². The predicted octanol–water partition coefficient (Wildman–Crippen LogP) is 2.20. The Kier molecular flexibility index (Phi) is 5.24. The normalized spacial score (nSPS) is 25.9. The number of hydrogen-bond donors (Lipinski definition) is 3. The van der Waals surface area contributed by atoms with Crippen molar-refractivity contribution in [2.75, 3.05) is 11.1 Å². The molecule has 3 aliphatic rings. The summed E-state index contributed by atoms with van der Waals surface area (Å²) in [5.41, 5.74) is 1.80. The number of fused-ring (bicyclic) bond motifs is 2. The van der Waals surface area contributed by atoms with Gasteiger partial charge < -0.3 is 20.7 Å². The number of ether oxygens (including phenoxy) is 1. The minimum absolute atomic E-state index is 0.0203. The van der Waals surface area contributed by atoms with Crippen molar-refractivity contribution in [3.05, 3.63) is 23.8 Å². The van der Waals surface area contributed by atoms with E-state index in [1.807, 2.05) is 17.8 Å². The minimum atomic E-state index is -0.234. The molecule has 1 aromatic carbocycles. The van der Waals surface area contributed by atoms with Gasteiger partial charge in [-0.1, -0.05) is 6.42 Å². The number of carbonyl (C=O) groups excluding carboxylic acids is 3.